The summed E-state index contributed by atoms with van der Waals surface area (Å²) in [6, 6.07) is 13.5. The number of carbonyl (C=O) groups excluding carboxylic acids is 1. The Bertz CT molecular complexity index is 1040. The summed E-state index contributed by atoms with van der Waals surface area (Å²) < 4.78 is 1.97. The minimum absolute atomic E-state index is 0.0674. The van der Waals surface area contributed by atoms with Crippen molar-refractivity contribution in [2.45, 2.75) is 37.2 Å². The second-order valence-corrected chi connectivity index (χ2v) is 7.73. The quantitative estimate of drug-likeness (QED) is 0.290. The van der Waals surface area contributed by atoms with Gasteiger partial charge in [0.05, 0.1) is 15.6 Å². The summed E-state index contributed by atoms with van der Waals surface area (Å²) in [4.78, 5) is 22.6. The van der Waals surface area contributed by atoms with Crippen LogP contribution in [0, 0.1) is 10.1 Å². The number of halogens is 1. The van der Waals surface area contributed by atoms with E-state index in [9.17, 15) is 14.9 Å². The van der Waals surface area contributed by atoms with Gasteiger partial charge in [0.2, 0.25) is 5.91 Å². The first-order valence-electron chi connectivity index (χ1n) is 9.30. The highest BCUT2D eigenvalue weighted by Crippen LogP contribution is 2.24. The Kier molecular flexibility index (Phi) is 7.42. The Balaban J connectivity index is 1.57. The number of nitro benzene ring substituents is 1. The van der Waals surface area contributed by atoms with Gasteiger partial charge in [-0.05, 0) is 24.6 Å². The Morgan fingerprint density at radius 3 is 2.60 bits per heavy atom. The number of hydrogen-bond donors (Lipinski definition) is 1. The molecule has 2 aromatic carbocycles. The molecular weight excluding hydrogens is 426 g/mol. The van der Waals surface area contributed by atoms with Crippen LogP contribution in [0.2, 0.25) is 5.02 Å². The van der Waals surface area contributed by atoms with E-state index in [2.05, 4.69) is 15.5 Å². The van der Waals surface area contributed by atoms with Gasteiger partial charge in [-0.25, -0.2) is 0 Å². The maximum absolute atomic E-state index is 12.3. The number of nitrogens with one attached hydrogen (secondary N) is 1. The fourth-order valence-corrected chi connectivity index (χ4v) is 3.95. The third-order valence-corrected chi connectivity index (χ3v) is 5.72. The zero-order valence-electron chi connectivity index (χ0n) is 16.2. The zero-order chi connectivity index (χ0) is 21.5. The van der Waals surface area contributed by atoms with Crippen molar-refractivity contribution < 1.29 is 9.72 Å². The molecule has 1 N–H and O–H groups in total. The predicted octanol–water partition coefficient (Wildman–Crippen LogP) is 4.72. The number of para-hydroxylation sites is 1. The lowest BCUT2D eigenvalue weighted by atomic mass is 10.2. The van der Waals surface area contributed by atoms with Crippen molar-refractivity contribution in [1.29, 1.82) is 0 Å². The highest BCUT2D eigenvalue weighted by molar-refractivity contribution is 7.98. The van der Waals surface area contributed by atoms with E-state index in [0.717, 1.165) is 16.5 Å². The van der Waals surface area contributed by atoms with E-state index in [4.69, 9.17) is 11.6 Å². The fraction of sp³-hybridized carbons (Fsp3) is 0.250. The lowest BCUT2D eigenvalue weighted by Crippen LogP contribution is -2.14. The molecule has 156 valence electrons. The highest BCUT2D eigenvalue weighted by Gasteiger charge is 2.14. The average molecular weight is 446 g/mol. The molecule has 0 atom stereocenters. The lowest BCUT2D eigenvalue weighted by molar-refractivity contribution is -0.384. The molecule has 3 rings (SSSR count). The van der Waals surface area contributed by atoms with Crippen LogP contribution < -0.4 is 5.32 Å². The number of benzene rings is 2. The van der Waals surface area contributed by atoms with Crippen LogP contribution in [0.5, 0.6) is 0 Å². The van der Waals surface area contributed by atoms with Crippen molar-refractivity contribution >= 4 is 40.6 Å². The van der Waals surface area contributed by atoms with Crippen molar-refractivity contribution in [3.8, 4) is 0 Å². The van der Waals surface area contributed by atoms with Crippen LogP contribution in [0.3, 0.4) is 0 Å². The molecule has 0 saturated heterocycles. The first-order valence-corrected chi connectivity index (χ1v) is 10.7. The fourth-order valence-electron chi connectivity index (χ4n) is 2.79. The van der Waals surface area contributed by atoms with Crippen LogP contribution in [0.1, 0.15) is 24.7 Å². The van der Waals surface area contributed by atoms with Crippen molar-refractivity contribution in [1.82, 2.24) is 14.8 Å². The summed E-state index contributed by atoms with van der Waals surface area (Å²) in [5, 5.41) is 23.3. The largest absolute Gasteiger partial charge is 0.325 e. The second kappa shape index (κ2) is 10.2. The number of aryl methyl sites for hydroxylation is 1. The predicted molar refractivity (Wildman–Crippen MR) is 117 cm³/mol. The number of anilines is 1. The molecule has 0 fully saturated rings. The molecule has 0 aliphatic heterocycles. The maximum Gasteiger partial charge on any atom is 0.269 e. The SMILES string of the molecule is CCn1c(CCC(=O)Nc2ccccc2Cl)nnc1SCc1ccc([N+](=O)[O-])cc1. The highest BCUT2D eigenvalue weighted by atomic mass is 35.5. The van der Waals surface area contributed by atoms with Gasteiger partial charge in [0.15, 0.2) is 5.16 Å². The average Bonchev–Trinajstić information content (AvgIpc) is 3.14. The molecule has 1 heterocycles. The van der Waals surface area contributed by atoms with Crippen LogP contribution in [-0.4, -0.2) is 25.6 Å². The van der Waals surface area contributed by atoms with E-state index in [1.165, 1.54) is 23.9 Å². The number of aromatic nitrogens is 3. The Labute approximate surface area is 182 Å². The van der Waals surface area contributed by atoms with Gasteiger partial charge in [0.1, 0.15) is 5.82 Å². The number of nitro groups is 1. The third-order valence-electron chi connectivity index (χ3n) is 4.35. The number of nitrogens with zero attached hydrogens (tertiary/aromatic N) is 4. The molecule has 0 bridgehead atoms. The monoisotopic (exact) mass is 445 g/mol. The molecule has 0 spiro atoms. The molecule has 0 radical (unpaired) electrons. The standard InChI is InChI=1S/C20H20ClN5O3S/c1-2-25-18(11-12-19(27)22-17-6-4-3-5-16(17)21)23-24-20(25)30-13-14-7-9-15(10-8-14)26(28)29/h3-10H,2,11-13H2,1H3,(H,22,27). The van der Waals surface area contributed by atoms with Gasteiger partial charge >= 0.3 is 0 Å². The third kappa shape index (κ3) is 5.58. The van der Waals surface area contributed by atoms with Gasteiger partial charge in [-0.2, -0.15) is 0 Å². The number of carbonyl (C=O) groups is 1. The van der Waals surface area contributed by atoms with Crippen LogP contribution in [0.15, 0.2) is 53.7 Å². The van der Waals surface area contributed by atoms with Gasteiger partial charge in [0, 0.05) is 37.3 Å². The van der Waals surface area contributed by atoms with E-state index in [1.807, 2.05) is 17.6 Å². The molecule has 0 aliphatic carbocycles. The molecule has 0 aliphatic rings. The van der Waals surface area contributed by atoms with Crippen molar-refractivity contribution in [2.24, 2.45) is 0 Å². The van der Waals surface area contributed by atoms with Gasteiger partial charge in [0.25, 0.3) is 5.69 Å². The topological polar surface area (TPSA) is 103 Å². The van der Waals surface area contributed by atoms with Crippen LogP contribution in [0.25, 0.3) is 0 Å². The van der Waals surface area contributed by atoms with E-state index in [1.54, 1.807) is 30.3 Å². The summed E-state index contributed by atoms with van der Waals surface area (Å²) in [5.41, 5.74) is 1.61. The minimum Gasteiger partial charge on any atom is -0.325 e. The van der Waals surface area contributed by atoms with E-state index in [-0.39, 0.29) is 18.0 Å². The number of amides is 1. The van der Waals surface area contributed by atoms with Crippen molar-refractivity contribution in [2.75, 3.05) is 5.32 Å². The molecule has 0 unspecified atom stereocenters. The maximum atomic E-state index is 12.3. The molecule has 30 heavy (non-hydrogen) atoms. The van der Waals surface area contributed by atoms with Crippen LogP contribution in [0.4, 0.5) is 11.4 Å². The Hall–Kier alpha value is -2.91. The molecule has 0 saturated carbocycles. The summed E-state index contributed by atoms with van der Waals surface area (Å²) in [6.07, 6.45) is 0.714. The number of non-ortho nitro benzene ring substituents is 1. The van der Waals surface area contributed by atoms with E-state index >= 15 is 0 Å². The van der Waals surface area contributed by atoms with Gasteiger partial charge in [-0.15, -0.1) is 10.2 Å². The molecule has 3 aromatic rings. The zero-order valence-corrected chi connectivity index (χ0v) is 17.8. The normalized spacial score (nSPS) is 10.7. The summed E-state index contributed by atoms with van der Waals surface area (Å²) in [6.45, 7) is 2.67. The van der Waals surface area contributed by atoms with E-state index in [0.29, 0.717) is 29.4 Å². The number of thioether (sulfide) groups is 1. The van der Waals surface area contributed by atoms with E-state index < -0.39 is 4.92 Å². The Morgan fingerprint density at radius 1 is 1.20 bits per heavy atom. The van der Waals surface area contributed by atoms with Crippen LogP contribution in [-0.2, 0) is 23.5 Å². The Morgan fingerprint density at radius 2 is 1.93 bits per heavy atom. The molecule has 1 aromatic heterocycles. The second-order valence-electron chi connectivity index (χ2n) is 6.38. The molecule has 8 nitrogen and oxygen atoms in total. The number of hydrogen-bond acceptors (Lipinski definition) is 6. The van der Waals surface area contributed by atoms with Gasteiger partial charge < -0.3 is 9.88 Å². The first kappa shape index (κ1) is 21.8. The molecular formula is C20H20ClN5O3S. The number of rotatable bonds is 9. The summed E-state index contributed by atoms with van der Waals surface area (Å²) >= 11 is 7.57. The first-order chi connectivity index (χ1) is 14.5. The summed E-state index contributed by atoms with van der Waals surface area (Å²) in [5.74, 6) is 1.20. The van der Waals surface area contributed by atoms with Crippen LogP contribution >= 0.6 is 23.4 Å². The summed E-state index contributed by atoms with van der Waals surface area (Å²) in [7, 11) is 0. The van der Waals surface area contributed by atoms with Gasteiger partial charge in [-0.1, -0.05) is 47.6 Å². The minimum atomic E-state index is -0.418. The van der Waals surface area contributed by atoms with Gasteiger partial charge in [-0.3, -0.25) is 14.9 Å². The van der Waals surface area contributed by atoms with Crippen molar-refractivity contribution in [3.05, 3.63) is 75.1 Å². The lowest BCUT2D eigenvalue weighted by Gasteiger charge is -2.08. The van der Waals surface area contributed by atoms with Crippen molar-refractivity contribution in [3.63, 3.8) is 0 Å². The molecule has 1 amide bonds. The smallest absolute Gasteiger partial charge is 0.269 e. The molecule has 10 heteroatoms.